The van der Waals surface area contributed by atoms with Crippen molar-refractivity contribution in [3.63, 3.8) is 0 Å². The number of hydroxylamine groups is 2. The lowest BCUT2D eigenvalue weighted by molar-refractivity contribution is -0.197. The zero-order chi connectivity index (χ0) is 10.6. The fourth-order valence-corrected chi connectivity index (χ4v) is 1.35. The maximum atomic E-state index is 11.6. The Kier molecular flexibility index (Phi) is 3.89. The lowest BCUT2D eigenvalue weighted by atomic mass is 10.00. The number of carbonyl (C=O) groups excluding carboxylic acids is 1. The third-order valence-electron chi connectivity index (χ3n) is 2.26. The Morgan fingerprint density at radius 2 is 2.21 bits per heavy atom. The molecule has 4 heteroatoms. The van der Waals surface area contributed by atoms with Crippen molar-refractivity contribution < 1.29 is 9.63 Å². The molecule has 0 aliphatic carbocycles. The molecular weight excluding hydrogens is 180 g/mol. The van der Waals surface area contributed by atoms with Crippen molar-refractivity contribution in [1.29, 1.82) is 0 Å². The summed E-state index contributed by atoms with van der Waals surface area (Å²) in [6.45, 7) is 5.25. The first kappa shape index (κ1) is 11.5. The quantitative estimate of drug-likeness (QED) is 0.741. The smallest absolute Gasteiger partial charge is 0.246 e. The first-order valence-electron chi connectivity index (χ1n) is 5.21. The van der Waals surface area contributed by atoms with Crippen molar-refractivity contribution in [3.05, 3.63) is 0 Å². The summed E-state index contributed by atoms with van der Waals surface area (Å²) in [6, 6.07) is 0. The molecule has 0 aromatic carbocycles. The van der Waals surface area contributed by atoms with Crippen LogP contribution in [0.3, 0.4) is 0 Å². The monoisotopic (exact) mass is 200 g/mol. The van der Waals surface area contributed by atoms with Gasteiger partial charge in [-0.3, -0.25) is 9.63 Å². The van der Waals surface area contributed by atoms with Gasteiger partial charge in [-0.15, -0.1) is 0 Å². The molecule has 1 saturated heterocycles. The lowest BCUT2D eigenvalue weighted by Crippen LogP contribution is -2.38. The zero-order valence-electron chi connectivity index (χ0n) is 9.08. The van der Waals surface area contributed by atoms with Gasteiger partial charge in [-0.1, -0.05) is 0 Å². The molecule has 0 bridgehead atoms. The predicted molar refractivity (Wildman–Crippen MR) is 54.4 cm³/mol. The van der Waals surface area contributed by atoms with Crippen LogP contribution in [0, 0.1) is 0 Å². The fourth-order valence-electron chi connectivity index (χ4n) is 1.35. The molecule has 1 heterocycles. The largest absolute Gasteiger partial charge is 0.326 e. The second-order valence-corrected chi connectivity index (χ2v) is 4.52. The highest BCUT2D eigenvalue weighted by Gasteiger charge is 2.20. The summed E-state index contributed by atoms with van der Waals surface area (Å²) >= 11 is 0. The van der Waals surface area contributed by atoms with Gasteiger partial charge >= 0.3 is 0 Å². The SMILES string of the molecule is CC(C)(N)CCC(=O)N1CCCCO1. The highest BCUT2D eigenvalue weighted by molar-refractivity contribution is 5.75. The Morgan fingerprint density at radius 3 is 2.71 bits per heavy atom. The van der Waals surface area contributed by atoms with Crippen LogP contribution in [0.1, 0.15) is 39.5 Å². The first-order valence-corrected chi connectivity index (χ1v) is 5.21. The van der Waals surface area contributed by atoms with Gasteiger partial charge in [-0.25, -0.2) is 5.06 Å². The fraction of sp³-hybridized carbons (Fsp3) is 0.900. The molecule has 0 saturated carbocycles. The molecule has 1 aliphatic rings. The number of nitrogens with zero attached hydrogens (tertiary/aromatic N) is 1. The molecule has 2 N–H and O–H groups in total. The standard InChI is InChI=1S/C10H20N2O2/c1-10(2,11)6-5-9(13)12-7-3-4-8-14-12/h3-8,11H2,1-2H3. The normalized spacial score (nSPS) is 18.4. The Balaban J connectivity index is 2.27. The molecule has 14 heavy (non-hydrogen) atoms. The van der Waals surface area contributed by atoms with Gasteiger partial charge in [0.25, 0.3) is 0 Å². The predicted octanol–water partition coefficient (Wildman–Crippen LogP) is 1.06. The van der Waals surface area contributed by atoms with E-state index in [1.807, 2.05) is 13.8 Å². The van der Waals surface area contributed by atoms with Gasteiger partial charge in [-0.05, 0) is 33.1 Å². The minimum Gasteiger partial charge on any atom is -0.326 e. The van der Waals surface area contributed by atoms with Crippen molar-refractivity contribution in [3.8, 4) is 0 Å². The van der Waals surface area contributed by atoms with Gasteiger partial charge < -0.3 is 5.73 Å². The number of carbonyl (C=O) groups is 1. The molecule has 1 amide bonds. The maximum absolute atomic E-state index is 11.6. The van der Waals surface area contributed by atoms with E-state index >= 15 is 0 Å². The Hall–Kier alpha value is -0.610. The molecule has 1 rings (SSSR count). The summed E-state index contributed by atoms with van der Waals surface area (Å²) in [6.07, 6.45) is 3.26. The van der Waals surface area contributed by atoms with Crippen LogP contribution in [0.15, 0.2) is 0 Å². The summed E-state index contributed by atoms with van der Waals surface area (Å²) < 4.78 is 0. The van der Waals surface area contributed by atoms with E-state index in [4.69, 9.17) is 10.6 Å². The number of nitrogens with two attached hydrogens (primary N) is 1. The number of hydrogen-bond donors (Lipinski definition) is 1. The van der Waals surface area contributed by atoms with Crippen LogP contribution < -0.4 is 5.73 Å². The summed E-state index contributed by atoms with van der Waals surface area (Å²) in [4.78, 5) is 16.8. The molecule has 0 aromatic heterocycles. The zero-order valence-corrected chi connectivity index (χ0v) is 9.08. The summed E-state index contributed by atoms with van der Waals surface area (Å²) in [5, 5.41) is 1.48. The van der Waals surface area contributed by atoms with E-state index in [1.54, 1.807) is 0 Å². The Bertz CT molecular complexity index is 193. The highest BCUT2D eigenvalue weighted by atomic mass is 16.7. The third-order valence-corrected chi connectivity index (χ3v) is 2.26. The van der Waals surface area contributed by atoms with Crippen LogP contribution in [-0.2, 0) is 9.63 Å². The van der Waals surface area contributed by atoms with Gasteiger partial charge in [-0.2, -0.15) is 0 Å². The van der Waals surface area contributed by atoms with Crippen molar-refractivity contribution in [2.45, 2.75) is 45.1 Å². The van der Waals surface area contributed by atoms with Crippen LogP contribution in [0.2, 0.25) is 0 Å². The van der Waals surface area contributed by atoms with Crippen molar-refractivity contribution in [1.82, 2.24) is 5.06 Å². The van der Waals surface area contributed by atoms with Crippen molar-refractivity contribution in [2.24, 2.45) is 5.73 Å². The average Bonchev–Trinajstić information content (AvgIpc) is 2.14. The van der Waals surface area contributed by atoms with E-state index in [-0.39, 0.29) is 11.4 Å². The van der Waals surface area contributed by atoms with Gasteiger partial charge in [0.1, 0.15) is 0 Å². The molecule has 1 fully saturated rings. The van der Waals surface area contributed by atoms with Gasteiger partial charge in [0.2, 0.25) is 5.91 Å². The summed E-state index contributed by atoms with van der Waals surface area (Å²) in [5.74, 6) is 0.0585. The number of hydrogen-bond acceptors (Lipinski definition) is 3. The number of rotatable bonds is 3. The second kappa shape index (κ2) is 4.75. The lowest BCUT2D eigenvalue weighted by Gasteiger charge is -2.27. The van der Waals surface area contributed by atoms with E-state index in [9.17, 15) is 4.79 Å². The number of amides is 1. The molecule has 0 atom stereocenters. The van der Waals surface area contributed by atoms with Crippen LogP contribution in [0.25, 0.3) is 0 Å². The Morgan fingerprint density at radius 1 is 1.50 bits per heavy atom. The molecule has 1 aliphatic heterocycles. The maximum Gasteiger partial charge on any atom is 0.246 e. The minimum atomic E-state index is -0.272. The van der Waals surface area contributed by atoms with E-state index in [1.165, 1.54) is 5.06 Å². The molecular formula is C10H20N2O2. The summed E-state index contributed by atoms with van der Waals surface area (Å²) in [7, 11) is 0. The van der Waals surface area contributed by atoms with Gasteiger partial charge in [0, 0.05) is 18.5 Å². The highest BCUT2D eigenvalue weighted by Crippen LogP contribution is 2.12. The van der Waals surface area contributed by atoms with Crippen molar-refractivity contribution >= 4 is 5.91 Å². The van der Waals surface area contributed by atoms with E-state index < -0.39 is 0 Å². The molecule has 0 radical (unpaired) electrons. The van der Waals surface area contributed by atoms with E-state index in [0.717, 1.165) is 19.4 Å². The van der Waals surface area contributed by atoms with Crippen LogP contribution in [-0.4, -0.2) is 29.7 Å². The van der Waals surface area contributed by atoms with Crippen molar-refractivity contribution in [2.75, 3.05) is 13.2 Å². The molecule has 82 valence electrons. The molecule has 0 unspecified atom stereocenters. The first-order chi connectivity index (χ1) is 6.49. The Labute approximate surface area is 85.3 Å². The molecule has 0 spiro atoms. The van der Waals surface area contributed by atoms with Gasteiger partial charge in [0.05, 0.1) is 6.61 Å². The molecule has 0 aromatic rings. The van der Waals surface area contributed by atoms with Crippen LogP contribution in [0.4, 0.5) is 0 Å². The van der Waals surface area contributed by atoms with Gasteiger partial charge in [0.15, 0.2) is 0 Å². The van der Waals surface area contributed by atoms with E-state index in [2.05, 4.69) is 0 Å². The van der Waals surface area contributed by atoms with E-state index in [0.29, 0.717) is 19.4 Å². The molecule has 4 nitrogen and oxygen atoms in total. The third kappa shape index (κ3) is 4.07. The average molecular weight is 200 g/mol. The minimum absolute atomic E-state index is 0.0585. The summed E-state index contributed by atoms with van der Waals surface area (Å²) in [5.41, 5.74) is 5.53. The van der Waals surface area contributed by atoms with Crippen LogP contribution >= 0.6 is 0 Å². The van der Waals surface area contributed by atoms with Crippen LogP contribution in [0.5, 0.6) is 0 Å². The second-order valence-electron chi connectivity index (χ2n) is 4.52. The topological polar surface area (TPSA) is 55.6 Å².